The zero-order valence-corrected chi connectivity index (χ0v) is 11.1. The molecule has 106 valence electrons. The van der Waals surface area contributed by atoms with E-state index < -0.39 is 23.7 Å². The maximum Gasteiger partial charge on any atom is 0.328 e. The number of carbonyl (C=O) groups is 2. The van der Waals surface area contributed by atoms with Crippen molar-refractivity contribution in [2.24, 2.45) is 0 Å². The molecule has 1 unspecified atom stereocenters. The fraction of sp³-hybridized carbons (Fsp3) is 0.455. The minimum Gasteiger partial charge on any atom is -0.467 e. The highest BCUT2D eigenvalue weighted by molar-refractivity contribution is 7.98. The third-order valence-corrected chi connectivity index (χ3v) is 2.84. The molecule has 1 heterocycles. The number of hydrogen-bond donors (Lipinski definition) is 1. The number of rotatable bonds is 6. The Bertz CT molecular complexity index is 450. The third kappa shape index (κ3) is 4.90. The first-order valence-electron chi connectivity index (χ1n) is 5.31. The van der Waals surface area contributed by atoms with E-state index in [1.807, 2.05) is 0 Å². The molecule has 1 rings (SSSR count). The second kappa shape index (κ2) is 7.13. The summed E-state index contributed by atoms with van der Waals surface area (Å²) in [6, 6.07) is 1.98. The maximum atomic E-state index is 12.0. The van der Waals surface area contributed by atoms with Gasteiger partial charge >= 0.3 is 5.97 Å². The van der Waals surface area contributed by atoms with E-state index in [-0.39, 0.29) is 17.3 Å². The van der Waals surface area contributed by atoms with Crippen LogP contribution in [0.25, 0.3) is 0 Å². The molecular weight excluding hydrogens is 280 g/mol. The van der Waals surface area contributed by atoms with E-state index in [4.69, 9.17) is 4.42 Å². The van der Waals surface area contributed by atoms with Gasteiger partial charge in [-0.15, -0.1) is 0 Å². The van der Waals surface area contributed by atoms with Gasteiger partial charge in [0.1, 0.15) is 11.8 Å². The molecule has 19 heavy (non-hydrogen) atoms. The molecule has 0 saturated heterocycles. The maximum absolute atomic E-state index is 12.0. The number of thioether (sulfide) groups is 1. The van der Waals surface area contributed by atoms with Crippen LogP contribution in [-0.4, -0.2) is 30.8 Å². The van der Waals surface area contributed by atoms with Gasteiger partial charge in [-0.1, -0.05) is 11.8 Å². The lowest BCUT2D eigenvalue weighted by Crippen LogP contribution is -2.38. The number of carbonyl (C=O) groups excluding carboxylic acids is 2. The smallest absolute Gasteiger partial charge is 0.328 e. The van der Waals surface area contributed by atoms with Crippen LogP contribution in [0.5, 0.6) is 0 Å². The number of hydrogen-bond acceptors (Lipinski definition) is 5. The third-order valence-electron chi connectivity index (χ3n) is 2.14. The molecular formula is C11H13F2NO4S. The predicted octanol–water partition coefficient (Wildman–Crippen LogP) is 2.03. The summed E-state index contributed by atoms with van der Waals surface area (Å²) in [5.41, 5.74) is 0. The highest BCUT2D eigenvalue weighted by Crippen LogP contribution is 2.21. The summed E-state index contributed by atoms with van der Waals surface area (Å²) in [6.45, 7) is 1.46. The van der Waals surface area contributed by atoms with E-state index in [0.29, 0.717) is 11.8 Å². The molecule has 8 heteroatoms. The van der Waals surface area contributed by atoms with Crippen molar-refractivity contribution in [2.45, 2.75) is 24.5 Å². The Morgan fingerprint density at radius 1 is 1.47 bits per heavy atom. The first-order valence-corrected chi connectivity index (χ1v) is 6.36. The average molecular weight is 293 g/mol. The second-order valence-corrected chi connectivity index (χ2v) is 4.53. The standard InChI is InChI=1S/C11H13F2NO4S/c1-6(10(16)17-2)14-9(15)8-4-3-7(18-8)5-19-11(12)13/h3-4,6,11H,5H2,1-2H3,(H,14,15). The predicted molar refractivity (Wildman–Crippen MR) is 65.0 cm³/mol. The number of methoxy groups -OCH3 is 1. The summed E-state index contributed by atoms with van der Waals surface area (Å²) < 4.78 is 33.5. The molecule has 0 bridgehead atoms. The van der Waals surface area contributed by atoms with Gasteiger partial charge in [-0.2, -0.15) is 8.78 Å². The number of furan rings is 1. The summed E-state index contributed by atoms with van der Waals surface area (Å²) in [5, 5.41) is 2.36. The number of esters is 1. The van der Waals surface area contributed by atoms with Gasteiger partial charge in [0.15, 0.2) is 5.76 Å². The summed E-state index contributed by atoms with van der Waals surface area (Å²) in [4.78, 5) is 22.8. The second-order valence-electron chi connectivity index (χ2n) is 3.56. The van der Waals surface area contributed by atoms with Crippen LogP contribution >= 0.6 is 11.8 Å². The Morgan fingerprint density at radius 3 is 2.74 bits per heavy atom. The normalized spacial score (nSPS) is 12.3. The van der Waals surface area contributed by atoms with Crippen molar-refractivity contribution in [1.82, 2.24) is 5.32 Å². The van der Waals surface area contributed by atoms with Gasteiger partial charge in [-0.3, -0.25) is 4.79 Å². The lowest BCUT2D eigenvalue weighted by atomic mass is 10.3. The van der Waals surface area contributed by atoms with E-state index in [1.165, 1.54) is 26.2 Å². The average Bonchev–Trinajstić information content (AvgIpc) is 2.84. The van der Waals surface area contributed by atoms with Crippen molar-refractivity contribution in [2.75, 3.05) is 7.11 Å². The highest BCUT2D eigenvalue weighted by Gasteiger charge is 2.19. The van der Waals surface area contributed by atoms with Crippen molar-refractivity contribution in [1.29, 1.82) is 0 Å². The molecule has 0 aromatic carbocycles. The number of halogens is 2. The van der Waals surface area contributed by atoms with Crippen molar-refractivity contribution < 1.29 is 27.5 Å². The summed E-state index contributed by atoms with van der Waals surface area (Å²) in [5.74, 6) is -3.50. The Balaban J connectivity index is 2.56. The fourth-order valence-corrected chi connectivity index (χ4v) is 1.67. The van der Waals surface area contributed by atoms with Crippen LogP contribution in [0.15, 0.2) is 16.5 Å². The van der Waals surface area contributed by atoms with Crippen LogP contribution in [-0.2, 0) is 15.3 Å². The van der Waals surface area contributed by atoms with Crippen LogP contribution in [0.1, 0.15) is 23.2 Å². The molecule has 0 aliphatic heterocycles. The lowest BCUT2D eigenvalue weighted by Gasteiger charge is -2.09. The molecule has 1 amide bonds. The van der Waals surface area contributed by atoms with Gasteiger partial charge in [-0.25, -0.2) is 4.79 Å². The van der Waals surface area contributed by atoms with Gasteiger partial charge in [0.25, 0.3) is 11.7 Å². The van der Waals surface area contributed by atoms with E-state index >= 15 is 0 Å². The van der Waals surface area contributed by atoms with Crippen molar-refractivity contribution in [3.8, 4) is 0 Å². The first-order chi connectivity index (χ1) is 8.93. The Labute approximate surface area is 112 Å². The van der Waals surface area contributed by atoms with Crippen LogP contribution in [0.3, 0.4) is 0 Å². The van der Waals surface area contributed by atoms with Crippen molar-refractivity contribution in [3.05, 3.63) is 23.7 Å². The van der Waals surface area contributed by atoms with E-state index in [9.17, 15) is 18.4 Å². The minimum atomic E-state index is -2.50. The Kier molecular flexibility index (Phi) is 5.81. The highest BCUT2D eigenvalue weighted by atomic mass is 32.2. The van der Waals surface area contributed by atoms with Crippen LogP contribution in [0.2, 0.25) is 0 Å². The fourth-order valence-electron chi connectivity index (χ4n) is 1.23. The zero-order chi connectivity index (χ0) is 14.4. The van der Waals surface area contributed by atoms with Crippen molar-refractivity contribution >= 4 is 23.6 Å². The minimum absolute atomic E-state index is 0.0303. The topological polar surface area (TPSA) is 68.5 Å². The molecule has 0 aliphatic carbocycles. The summed E-state index contributed by atoms with van der Waals surface area (Å²) in [7, 11) is 1.21. The van der Waals surface area contributed by atoms with Gasteiger partial charge < -0.3 is 14.5 Å². The number of nitrogens with one attached hydrogen (secondary N) is 1. The molecule has 0 aliphatic rings. The van der Waals surface area contributed by atoms with Gasteiger partial charge in [0.2, 0.25) is 0 Å². The van der Waals surface area contributed by atoms with E-state index in [1.54, 1.807) is 0 Å². The molecule has 0 saturated carbocycles. The van der Waals surface area contributed by atoms with Crippen molar-refractivity contribution in [3.63, 3.8) is 0 Å². The molecule has 1 aromatic rings. The molecule has 0 spiro atoms. The molecule has 0 radical (unpaired) electrons. The Morgan fingerprint density at radius 2 is 2.16 bits per heavy atom. The van der Waals surface area contributed by atoms with Crippen LogP contribution in [0.4, 0.5) is 8.78 Å². The van der Waals surface area contributed by atoms with Gasteiger partial charge in [0, 0.05) is 0 Å². The molecule has 1 N–H and O–H groups in total. The largest absolute Gasteiger partial charge is 0.467 e. The molecule has 1 aromatic heterocycles. The number of ether oxygens (including phenoxy) is 1. The molecule has 5 nitrogen and oxygen atoms in total. The summed E-state index contributed by atoms with van der Waals surface area (Å²) >= 11 is 0.399. The number of alkyl halides is 2. The SMILES string of the molecule is COC(=O)C(C)NC(=O)c1ccc(CSC(F)F)o1. The number of amides is 1. The van der Waals surface area contributed by atoms with E-state index in [0.717, 1.165) is 0 Å². The van der Waals surface area contributed by atoms with E-state index in [2.05, 4.69) is 10.1 Å². The van der Waals surface area contributed by atoms with Crippen LogP contribution in [0, 0.1) is 0 Å². The zero-order valence-electron chi connectivity index (χ0n) is 10.3. The molecule has 0 fully saturated rings. The summed E-state index contributed by atoms with van der Waals surface area (Å²) in [6.07, 6.45) is 0. The van der Waals surface area contributed by atoms with Gasteiger partial charge in [-0.05, 0) is 19.1 Å². The monoisotopic (exact) mass is 293 g/mol. The van der Waals surface area contributed by atoms with Crippen LogP contribution < -0.4 is 5.32 Å². The quantitative estimate of drug-likeness (QED) is 0.813. The Hall–Kier alpha value is -1.57. The first kappa shape index (κ1) is 15.5. The van der Waals surface area contributed by atoms with Gasteiger partial charge in [0.05, 0.1) is 12.9 Å². The molecule has 1 atom stereocenters. The lowest BCUT2D eigenvalue weighted by molar-refractivity contribution is -0.142.